The molecule has 0 saturated carbocycles. The minimum absolute atomic E-state index is 0.133. The summed E-state index contributed by atoms with van der Waals surface area (Å²) in [6.45, 7) is 1.55. The number of fused-ring (bicyclic) bond motifs is 1. The van der Waals surface area contributed by atoms with Crippen LogP contribution >= 0.6 is 11.3 Å². The van der Waals surface area contributed by atoms with Gasteiger partial charge in [0.2, 0.25) is 0 Å². The summed E-state index contributed by atoms with van der Waals surface area (Å²) in [7, 11) is 0. The highest BCUT2D eigenvalue weighted by Crippen LogP contribution is 2.25. The van der Waals surface area contributed by atoms with Gasteiger partial charge in [-0.15, -0.1) is 11.3 Å². The van der Waals surface area contributed by atoms with Gasteiger partial charge < -0.3 is 5.32 Å². The van der Waals surface area contributed by atoms with Crippen LogP contribution in [0.15, 0.2) is 24.3 Å². The topological polar surface area (TPSA) is 24.9 Å². The summed E-state index contributed by atoms with van der Waals surface area (Å²) < 4.78 is 25.2. The number of hydrogen-bond acceptors (Lipinski definition) is 3. The SMILES string of the molecule is CC(NCC(F)F)c1nc2ccccc2s1. The molecule has 2 aromatic rings. The minimum Gasteiger partial charge on any atom is -0.303 e. The molecule has 0 fully saturated rings. The maximum atomic E-state index is 12.0. The van der Waals surface area contributed by atoms with E-state index in [9.17, 15) is 8.78 Å². The lowest BCUT2D eigenvalue weighted by Gasteiger charge is -2.09. The summed E-state index contributed by atoms with van der Waals surface area (Å²) in [4.78, 5) is 4.40. The molecule has 1 N–H and O–H groups in total. The normalized spacial score (nSPS) is 13.5. The van der Waals surface area contributed by atoms with Crippen LogP contribution in [0.2, 0.25) is 0 Å². The molecular formula is C11H12F2N2S. The molecule has 5 heteroatoms. The van der Waals surface area contributed by atoms with Gasteiger partial charge in [0, 0.05) is 0 Å². The van der Waals surface area contributed by atoms with Gasteiger partial charge in [-0.2, -0.15) is 0 Å². The fraction of sp³-hybridized carbons (Fsp3) is 0.364. The number of benzene rings is 1. The Morgan fingerprint density at radius 2 is 2.12 bits per heavy atom. The molecule has 0 aliphatic heterocycles. The fourth-order valence-corrected chi connectivity index (χ4v) is 2.42. The van der Waals surface area contributed by atoms with Gasteiger partial charge >= 0.3 is 0 Å². The van der Waals surface area contributed by atoms with Gasteiger partial charge in [0.05, 0.1) is 22.8 Å². The van der Waals surface area contributed by atoms with Crippen LogP contribution in [0, 0.1) is 0 Å². The molecule has 1 unspecified atom stereocenters. The second-order valence-corrected chi connectivity index (χ2v) is 4.60. The van der Waals surface area contributed by atoms with Gasteiger partial charge in [-0.25, -0.2) is 13.8 Å². The van der Waals surface area contributed by atoms with E-state index in [1.165, 1.54) is 11.3 Å². The Bertz CT molecular complexity index is 437. The number of halogens is 2. The predicted molar refractivity (Wildman–Crippen MR) is 62.0 cm³/mol. The predicted octanol–water partition coefficient (Wildman–Crippen LogP) is 3.21. The third-order valence-corrected chi connectivity index (χ3v) is 3.48. The van der Waals surface area contributed by atoms with Crippen LogP contribution in [0.5, 0.6) is 0 Å². The highest BCUT2D eigenvalue weighted by atomic mass is 32.1. The van der Waals surface area contributed by atoms with E-state index in [0.717, 1.165) is 15.2 Å². The molecule has 1 aromatic heterocycles. The minimum atomic E-state index is -2.32. The van der Waals surface area contributed by atoms with Crippen LogP contribution in [0.1, 0.15) is 18.0 Å². The first kappa shape index (κ1) is 11.4. The van der Waals surface area contributed by atoms with Gasteiger partial charge in [-0.1, -0.05) is 12.1 Å². The molecule has 16 heavy (non-hydrogen) atoms. The monoisotopic (exact) mass is 242 g/mol. The molecule has 1 aromatic carbocycles. The second-order valence-electron chi connectivity index (χ2n) is 3.54. The molecule has 2 nitrogen and oxygen atoms in total. The van der Waals surface area contributed by atoms with Crippen molar-refractivity contribution in [2.24, 2.45) is 0 Å². The number of rotatable bonds is 4. The van der Waals surface area contributed by atoms with Crippen LogP contribution in [0.4, 0.5) is 8.78 Å². The van der Waals surface area contributed by atoms with Crippen molar-refractivity contribution in [2.75, 3.05) is 6.54 Å². The molecule has 0 saturated heterocycles. The molecule has 0 aliphatic carbocycles. The average Bonchev–Trinajstić information content (AvgIpc) is 2.69. The highest BCUT2D eigenvalue weighted by molar-refractivity contribution is 7.18. The maximum Gasteiger partial charge on any atom is 0.250 e. The largest absolute Gasteiger partial charge is 0.303 e. The number of nitrogens with zero attached hydrogens (tertiary/aromatic N) is 1. The van der Waals surface area contributed by atoms with Crippen LogP contribution in [0.3, 0.4) is 0 Å². The van der Waals surface area contributed by atoms with E-state index in [4.69, 9.17) is 0 Å². The summed E-state index contributed by atoms with van der Waals surface area (Å²) in [5.41, 5.74) is 0.924. The standard InChI is InChI=1S/C11H12F2N2S/c1-7(14-6-10(12)13)11-15-8-4-2-3-5-9(8)16-11/h2-5,7,10,14H,6H2,1H3. The van der Waals surface area contributed by atoms with E-state index >= 15 is 0 Å². The second kappa shape index (κ2) is 4.84. The molecule has 0 bridgehead atoms. The average molecular weight is 242 g/mol. The molecule has 86 valence electrons. The third-order valence-electron chi connectivity index (χ3n) is 2.26. The van der Waals surface area contributed by atoms with E-state index in [0.29, 0.717) is 0 Å². The Morgan fingerprint density at radius 3 is 2.81 bits per heavy atom. The number of alkyl halides is 2. The molecule has 0 radical (unpaired) electrons. The van der Waals surface area contributed by atoms with Crippen molar-refractivity contribution in [2.45, 2.75) is 19.4 Å². The Morgan fingerprint density at radius 1 is 1.38 bits per heavy atom. The summed E-state index contributed by atoms with van der Waals surface area (Å²) in [6.07, 6.45) is -2.32. The van der Waals surface area contributed by atoms with Gasteiger partial charge in [0.25, 0.3) is 6.43 Å². The van der Waals surface area contributed by atoms with E-state index < -0.39 is 6.43 Å². The lowest BCUT2D eigenvalue weighted by molar-refractivity contribution is 0.142. The maximum absolute atomic E-state index is 12.0. The number of thiazole rings is 1. The Hall–Kier alpha value is -1.07. The van der Waals surface area contributed by atoms with Crippen molar-refractivity contribution >= 4 is 21.6 Å². The van der Waals surface area contributed by atoms with Crippen molar-refractivity contribution in [1.82, 2.24) is 10.3 Å². The van der Waals surface area contributed by atoms with Gasteiger partial charge in [-0.3, -0.25) is 0 Å². The molecule has 0 amide bonds. The molecule has 2 rings (SSSR count). The van der Waals surface area contributed by atoms with Gasteiger partial charge in [0.1, 0.15) is 5.01 Å². The summed E-state index contributed by atoms with van der Waals surface area (Å²) >= 11 is 1.54. The molecular weight excluding hydrogens is 230 g/mol. The fourth-order valence-electron chi connectivity index (χ4n) is 1.43. The van der Waals surface area contributed by atoms with Gasteiger partial charge in [0.15, 0.2) is 0 Å². The van der Waals surface area contributed by atoms with Crippen molar-refractivity contribution in [3.63, 3.8) is 0 Å². The van der Waals surface area contributed by atoms with Crippen LogP contribution in [-0.2, 0) is 0 Å². The Kier molecular flexibility index (Phi) is 3.46. The number of aromatic nitrogens is 1. The molecule has 1 atom stereocenters. The summed E-state index contributed by atoms with van der Waals surface area (Å²) in [6, 6.07) is 7.64. The van der Waals surface area contributed by atoms with Crippen molar-refractivity contribution in [3.8, 4) is 0 Å². The first-order valence-electron chi connectivity index (χ1n) is 5.04. The van der Waals surface area contributed by atoms with E-state index in [-0.39, 0.29) is 12.6 Å². The lowest BCUT2D eigenvalue weighted by atomic mass is 10.3. The summed E-state index contributed by atoms with van der Waals surface area (Å²) in [5.74, 6) is 0. The molecule has 0 aliphatic rings. The Labute approximate surface area is 96.3 Å². The van der Waals surface area contributed by atoms with Crippen molar-refractivity contribution in [1.29, 1.82) is 0 Å². The Balaban J connectivity index is 2.13. The number of para-hydroxylation sites is 1. The van der Waals surface area contributed by atoms with Crippen LogP contribution in [-0.4, -0.2) is 18.0 Å². The van der Waals surface area contributed by atoms with E-state index in [1.54, 1.807) is 0 Å². The first-order chi connectivity index (χ1) is 7.66. The third kappa shape index (κ3) is 2.54. The van der Waals surface area contributed by atoms with Crippen LogP contribution < -0.4 is 5.32 Å². The van der Waals surface area contributed by atoms with E-state index in [2.05, 4.69) is 10.3 Å². The zero-order valence-corrected chi connectivity index (χ0v) is 9.60. The zero-order valence-electron chi connectivity index (χ0n) is 8.78. The molecule has 0 spiro atoms. The first-order valence-corrected chi connectivity index (χ1v) is 5.85. The van der Waals surface area contributed by atoms with Gasteiger partial charge in [-0.05, 0) is 19.1 Å². The zero-order chi connectivity index (χ0) is 11.5. The number of hydrogen-bond donors (Lipinski definition) is 1. The van der Waals surface area contributed by atoms with Crippen LogP contribution in [0.25, 0.3) is 10.2 Å². The molecule has 1 heterocycles. The van der Waals surface area contributed by atoms with E-state index in [1.807, 2.05) is 31.2 Å². The summed E-state index contributed by atoms with van der Waals surface area (Å²) in [5, 5.41) is 3.61. The number of nitrogens with one attached hydrogen (secondary N) is 1. The van der Waals surface area contributed by atoms with Crippen molar-refractivity contribution in [3.05, 3.63) is 29.3 Å². The van der Waals surface area contributed by atoms with Crippen molar-refractivity contribution < 1.29 is 8.78 Å². The smallest absolute Gasteiger partial charge is 0.250 e. The lowest BCUT2D eigenvalue weighted by Crippen LogP contribution is -2.24. The quantitative estimate of drug-likeness (QED) is 0.890. The highest BCUT2D eigenvalue weighted by Gasteiger charge is 2.12.